The predicted molar refractivity (Wildman–Crippen MR) is 79.4 cm³/mol. The Morgan fingerprint density at radius 3 is 2.55 bits per heavy atom. The molecular formula is C14H22N2O3S. The van der Waals surface area contributed by atoms with E-state index >= 15 is 0 Å². The molecule has 1 atom stereocenters. The van der Waals surface area contributed by atoms with Gasteiger partial charge in [-0.05, 0) is 43.5 Å². The van der Waals surface area contributed by atoms with E-state index in [1.54, 1.807) is 38.4 Å². The largest absolute Gasteiger partial charge is 0.388 e. The van der Waals surface area contributed by atoms with E-state index in [0.717, 1.165) is 31.6 Å². The summed E-state index contributed by atoms with van der Waals surface area (Å²) in [6.07, 6.45) is 3.12. The van der Waals surface area contributed by atoms with Gasteiger partial charge in [0.05, 0.1) is 11.0 Å². The lowest BCUT2D eigenvalue weighted by Crippen LogP contribution is -2.37. The average molecular weight is 298 g/mol. The molecule has 20 heavy (non-hydrogen) atoms. The number of rotatable bonds is 5. The second-order valence-corrected chi connectivity index (χ2v) is 7.09. The highest BCUT2D eigenvalue weighted by atomic mass is 32.2. The molecular weight excluding hydrogens is 276 g/mol. The lowest BCUT2D eigenvalue weighted by Gasteiger charge is -2.27. The van der Waals surface area contributed by atoms with Gasteiger partial charge in [-0.3, -0.25) is 0 Å². The number of nitrogens with one attached hydrogen (secondary N) is 1. The molecule has 0 amide bonds. The van der Waals surface area contributed by atoms with Crippen molar-refractivity contribution in [1.29, 1.82) is 0 Å². The van der Waals surface area contributed by atoms with Gasteiger partial charge >= 0.3 is 0 Å². The summed E-state index contributed by atoms with van der Waals surface area (Å²) >= 11 is 0. The zero-order valence-corrected chi connectivity index (χ0v) is 12.8. The van der Waals surface area contributed by atoms with E-state index in [1.165, 1.54) is 4.31 Å². The number of likely N-dealkylation sites (N-methyl/N-ethyl adjacent to an activating group) is 1. The van der Waals surface area contributed by atoms with Crippen LogP contribution in [0.5, 0.6) is 0 Å². The monoisotopic (exact) mass is 298 g/mol. The molecule has 6 heteroatoms. The molecule has 1 aromatic rings. The van der Waals surface area contributed by atoms with Gasteiger partial charge in [-0.25, -0.2) is 8.42 Å². The zero-order chi connectivity index (χ0) is 14.6. The molecule has 1 aliphatic heterocycles. The maximum absolute atomic E-state index is 12.5. The van der Waals surface area contributed by atoms with E-state index < -0.39 is 10.0 Å². The number of benzene rings is 1. The van der Waals surface area contributed by atoms with E-state index in [0.29, 0.717) is 11.4 Å². The molecule has 1 N–H and O–H groups in total. The first-order valence-corrected chi connectivity index (χ1v) is 8.34. The van der Waals surface area contributed by atoms with E-state index in [4.69, 9.17) is 4.74 Å². The molecule has 1 saturated heterocycles. The van der Waals surface area contributed by atoms with E-state index in [2.05, 4.69) is 5.32 Å². The molecule has 0 aliphatic carbocycles. The summed E-state index contributed by atoms with van der Waals surface area (Å²) in [5, 5.41) is 2.97. The molecule has 5 nitrogen and oxygen atoms in total. The van der Waals surface area contributed by atoms with Crippen LogP contribution >= 0.6 is 0 Å². The Morgan fingerprint density at radius 1 is 1.30 bits per heavy atom. The first-order chi connectivity index (χ1) is 9.54. The molecule has 1 unspecified atom stereocenters. The number of ether oxygens (including phenoxy) is 1. The molecule has 0 spiro atoms. The lowest BCUT2D eigenvalue weighted by atomic mass is 10.1. The Balaban J connectivity index is 2.07. The average Bonchev–Trinajstić information content (AvgIpc) is 2.48. The van der Waals surface area contributed by atoms with Crippen LogP contribution in [0.4, 0.5) is 5.69 Å². The number of hydrogen-bond acceptors (Lipinski definition) is 4. The van der Waals surface area contributed by atoms with Crippen LogP contribution in [0.15, 0.2) is 29.2 Å². The van der Waals surface area contributed by atoms with E-state index in [-0.39, 0.29) is 6.10 Å². The summed E-state index contributed by atoms with van der Waals surface area (Å²) in [5.74, 6) is 0. The van der Waals surface area contributed by atoms with Crippen LogP contribution in [0.1, 0.15) is 19.3 Å². The fourth-order valence-electron chi connectivity index (χ4n) is 2.31. The molecule has 0 radical (unpaired) electrons. The molecule has 2 rings (SSSR count). The second kappa shape index (κ2) is 6.56. The van der Waals surface area contributed by atoms with Gasteiger partial charge in [0.1, 0.15) is 0 Å². The minimum absolute atomic E-state index is 0.0140. The third-order valence-corrected chi connectivity index (χ3v) is 5.42. The van der Waals surface area contributed by atoms with Crippen LogP contribution in [-0.4, -0.2) is 46.1 Å². The minimum atomic E-state index is -3.44. The summed E-state index contributed by atoms with van der Waals surface area (Å²) in [4.78, 5) is 0.315. The number of hydrogen-bond donors (Lipinski definition) is 1. The fraction of sp³-hybridized carbons (Fsp3) is 0.571. The topological polar surface area (TPSA) is 58.6 Å². The minimum Gasteiger partial charge on any atom is -0.388 e. The summed E-state index contributed by atoms with van der Waals surface area (Å²) in [6, 6.07) is 6.77. The van der Waals surface area contributed by atoms with Crippen molar-refractivity contribution in [1.82, 2.24) is 4.31 Å². The van der Waals surface area contributed by atoms with E-state index in [1.807, 2.05) is 0 Å². The van der Waals surface area contributed by atoms with Gasteiger partial charge < -0.3 is 10.1 Å². The highest BCUT2D eigenvalue weighted by Crippen LogP contribution is 2.20. The van der Waals surface area contributed by atoms with Crippen molar-refractivity contribution in [3.05, 3.63) is 24.3 Å². The third-order valence-electron chi connectivity index (χ3n) is 3.59. The van der Waals surface area contributed by atoms with Crippen LogP contribution < -0.4 is 5.32 Å². The van der Waals surface area contributed by atoms with Crippen molar-refractivity contribution in [2.45, 2.75) is 30.3 Å². The Labute approximate surface area is 121 Å². The Bertz CT molecular complexity index is 522. The number of anilines is 1. The lowest BCUT2D eigenvalue weighted by molar-refractivity contribution is 0.00858. The van der Waals surface area contributed by atoms with Gasteiger partial charge in [0.25, 0.3) is 0 Å². The molecule has 0 saturated carbocycles. The Morgan fingerprint density at radius 2 is 2.00 bits per heavy atom. The summed E-state index contributed by atoms with van der Waals surface area (Å²) < 4.78 is 31.9. The van der Waals surface area contributed by atoms with Crippen LogP contribution in [0.25, 0.3) is 0 Å². The third kappa shape index (κ3) is 3.50. The number of nitrogens with zero attached hydrogens (tertiary/aromatic N) is 1. The van der Waals surface area contributed by atoms with Crippen molar-refractivity contribution in [2.75, 3.05) is 32.6 Å². The van der Waals surface area contributed by atoms with E-state index in [9.17, 15) is 8.42 Å². The van der Waals surface area contributed by atoms with Gasteiger partial charge in [0, 0.05) is 32.9 Å². The molecule has 1 aromatic carbocycles. The fourth-order valence-corrected chi connectivity index (χ4v) is 3.51. The normalized spacial score (nSPS) is 20.1. The highest BCUT2D eigenvalue weighted by molar-refractivity contribution is 7.89. The second-order valence-electron chi connectivity index (χ2n) is 5.05. The first kappa shape index (κ1) is 15.3. The highest BCUT2D eigenvalue weighted by Gasteiger charge is 2.25. The Hall–Kier alpha value is -1.11. The Kier molecular flexibility index (Phi) is 5.01. The van der Waals surface area contributed by atoms with Gasteiger partial charge in [0.2, 0.25) is 10.0 Å². The smallest absolute Gasteiger partial charge is 0.242 e. The summed E-state index contributed by atoms with van der Waals surface area (Å²) in [7, 11) is -0.0258. The molecule has 1 aliphatic rings. The van der Waals surface area contributed by atoms with Crippen LogP contribution in [-0.2, 0) is 14.8 Å². The molecule has 0 aromatic heterocycles. The van der Waals surface area contributed by atoms with Crippen molar-refractivity contribution >= 4 is 15.7 Å². The predicted octanol–water partition coefficient (Wildman–Crippen LogP) is 1.92. The van der Waals surface area contributed by atoms with Crippen LogP contribution in [0.2, 0.25) is 0 Å². The molecule has 1 fully saturated rings. The standard InChI is InChI=1S/C14H22N2O3S/c1-15-12-6-8-14(9-7-12)20(17,18)16(2)11-13-5-3-4-10-19-13/h6-9,13,15H,3-5,10-11H2,1-2H3. The van der Waals surface area contributed by atoms with Crippen LogP contribution in [0.3, 0.4) is 0 Å². The molecule has 112 valence electrons. The first-order valence-electron chi connectivity index (χ1n) is 6.90. The summed E-state index contributed by atoms with van der Waals surface area (Å²) in [6.45, 7) is 1.14. The van der Waals surface area contributed by atoms with Crippen molar-refractivity contribution in [3.8, 4) is 0 Å². The zero-order valence-electron chi connectivity index (χ0n) is 12.0. The van der Waals surface area contributed by atoms with Crippen molar-refractivity contribution in [3.63, 3.8) is 0 Å². The van der Waals surface area contributed by atoms with Crippen molar-refractivity contribution < 1.29 is 13.2 Å². The SMILES string of the molecule is CNc1ccc(S(=O)(=O)N(C)CC2CCCCO2)cc1. The molecule has 0 bridgehead atoms. The maximum Gasteiger partial charge on any atom is 0.242 e. The van der Waals surface area contributed by atoms with Gasteiger partial charge in [-0.1, -0.05) is 0 Å². The quantitative estimate of drug-likeness (QED) is 0.902. The molecule has 1 heterocycles. The van der Waals surface area contributed by atoms with Crippen molar-refractivity contribution in [2.24, 2.45) is 0 Å². The number of sulfonamides is 1. The van der Waals surface area contributed by atoms with Gasteiger partial charge in [0.15, 0.2) is 0 Å². The van der Waals surface area contributed by atoms with Gasteiger partial charge in [-0.2, -0.15) is 4.31 Å². The van der Waals surface area contributed by atoms with Crippen LogP contribution in [0, 0.1) is 0 Å². The maximum atomic E-state index is 12.5. The van der Waals surface area contributed by atoms with Gasteiger partial charge in [-0.15, -0.1) is 0 Å². The summed E-state index contributed by atoms with van der Waals surface area (Å²) in [5.41, 5.74) is 0.891.